The van der Waals surface area contributed by atoms with Crippen LogP contribution in [-0.4, -0.2) is 62.7 Å². The van der Waals surface area contributed by atoms with Crippen molar-refractivity contribution in [2.45, 2.75) is 25.4 Å². The lowest BCUT2D eigenvalue weighted by Gasteiger charge is -2.37. The average molecular weight is 411 g/mol. The Labute approximate surface area is 178 Å². The summed E-state index contributed by atoms with van der Waals surface area (Å²) in [5.41, 5.74) is 1.87. The van der Waals surface area contributed by atoms with Gasteiger partial charge in [-0.3, -0.25) is 9.69 Å². The van der Waals surface area contributed by atoms with Gasteiger partial charge in [-0.15, -0.1) is 0 Å². The van der Waals surface area contributed by atoms with Crippen LogP contribution in [-0.2, 0) is 6.54 Å². The van der Waals surface area contributed by atoms with Crippen LogP contribution in [0, 0.1) is 5.92 Å². The van der Waals surface area contributed by atoms with Crippen LogP contribution in [0.5, 0.6) is 17.2 Å². The molecule has 2 aromatic rings. The van der Waals surface area contributed by atoms with Gasteiger partial charge in [-0.1, -0.05) is 6.07 Å². The summed E-state index contributed by atoms with van der Waals surface area (Å²) in [6, 6.07) is 13.8. The third-order valence-corrected chi connectivity index (χ3v) is 6.39. The van der Waals surface area contributed by atoms with Crippen molar-refractivity contribution >= 4 is 5.91 Å². The Morgan fingerprint density at radius 3 is 2.40 bits per heavy atom. The molecule has 0 spiro atoms. The number of amides is 1. The number of piperidine rings is 1. The van der Waals surface area contributed by atoms with Crippen molar-refractivity contribution in [3.63, 3.8) is 0 Å². The van der Waals surface area contributed by atoms with E-state index in [0.29, 0.717) is 12.0 Å². The zero-order chi connectivity index (χ0) is 21.1. The molecule has 2 saturated heterocycles. The molecular formula is C24H30N2O4. The van der Waals surface area contributed by atoms with Gasteiger partial charge in [0.15, 0.2) is 0 Å². The molecule has 6 nitrogen and oxygen atoms in total. The second-order valence-electron chi connectivity index (χ2n) is 8.06. The Balaban J connectivity index is 1.47. The van der Waals surface area contributed by atoms with E-state index in [-0.39, 0.29) is 5.91 Å². The van der Waals surface area contributed by atoms with Gasteiger partial charge in [0.2, 0.25) is 0 Å². The van der Waals surface area contributed by atoms with Crippen LogP contribution in [0.1, 0.15) is 28.8 Å². The van der Waals surface area contributed by atoms with Gasteiger partial charge in [-0.05, 0) is 55.6 Å². The zero-order valence-corrected chi connectivity index (χ0v) is 18.0. The van der Waals surface area contributed by atoms with Crippen LogP contribution in [0.4, 0.5) is 0 Å². The largest absolute Gasteiger partial charge is 0.497 e. The quantitative estimate of drug-likeness (QED) is 0.730. The predicted molar refractivity (Wildman–Crippen MR) is 115 cm³/mol. The summed E-state index contributed by atoms with van der Waals surface area (Å²) in [6.07, 6.45) is 2.33. The minimum absolute atomic E-state index is 0.106. The Kier molecular flexibility index (Phi) is 6.13. The maximum absolute atomic E-state index is 13.1. The molecule has 2 aromatic carbocycles. The molecular weight excluding hydrogens is 380 g/mol. The van der Waals surface area contributed by atoms with Crippen LogP contribution < -0.4 is 14.2 Å². The summed E-state index contributed by atoms with van der Waals surface area (Å²) in [5.74, 6) is 3.03. The van der Waals surface area contributed by atoms with Gasteiger partial charge in [0.25, 0.3) is 5.91 Å². The smallest absolute Gasteiger partial charge is 0.253 e. The molecule has 0 radical (unpaired) electrons. The molecule has 0 saturated carbocycles. The van der Waals surface area contributed by atoms with E-state index in [1.54, 1.807) is 21.3 Å². The highest BCUT2D eigenvalue weighted by Crippen LogP contribution is 2.34. The SMILES string of the molecule is COc1ccc(C(=O)N2C[C@H]3CCCN(Cc4ccc(OC)cc4OC)[C@H]3C2)cc1. The fourth-order valence-electron chi connectivity index (χ4n) is 4.75. The van der Waals surface area contributed by atoms with Crippen LogP contribution in [0.25, 0.3) is 0 Å². The molecule has 2 atom stereocenters. The van der Waals surface area contributed by atoms with E-state index in [1.165, 1.54) is 6.42 Å². The Hall–Kier alpha value is -2.73. The molecule has 4 rings (SSSR count). The number of rotatable bonds is 6. The molecule has 30 heavy (non-hydrogen) atoms. The molecule has 1 amide bonds. The second kappa shape index (κ2) is 8.96. The first-order valence-electron chi connectivity index (χ1n) is 10.5. The van der Waals surface area contributed by atoms with Crippen molar-refractivity contribution in [3.8, 4) is 17.2 Å². The number of nitrogens with zero attached hydrogens (tertiary/aromatic N) is 2. The lowest BCUT2D eigenvalue weighted by Crippen LogP contribution is -2.44. The second-order valence-corrected chi connectivity index (χ2v) is 8.06. The van der Waals surface area contributed by atoms with E-state index in [9.17, 15) is 4.79 Å². The molecule has 2 heterocycles. The first-order valence-corrected chi connectivity index (χ1v) is 10.5. The van der Waals surface area contributed by atoms with Gasteiger partial charge < -0.3 is 19.1 Å². The van der Waals surface area contributed by atoms with Gasteiger partial charge >= 0.3 is 0 Å². The van der Waals surface area contributed by atoms with Crippen molar-refractivity contribution in [2.75, 3.05) is 41.0 Å². The molecule has 2 fully saturated rings. The summed E-state index contributed by atoms with van der Waals surface area (Å²) in [5, 5.41) is 0. The van der Waals surface area contributed by atoms with Gasteiger partial charge in [0.1, 0.15) is 17.2 Å². The number of ether oxygens (including phenoxy) is 3. The fraction of sp³-hybridized carbons (Fsp3) is 0.458. The number of benzene rings is 2. The van der Waals surface area contributed by atoms with E-state index in [4.69, 9.17) is 14.2 Å². The van der Waals surface area contributed by atoms with Crippen LogP contribution in [0.3, 0.4) is 0 Å². The van der Waals surface area contributed by atoms with Crippen molar-refractivity contribution in [1.29, 1.82) is 0 Å². The number of carbonyl (C=O) groups excluding carboxylic acids is 1. The summed E-state index contributed by atoms with van der Waals surface area (Å²) < 4.78 is 16.1. The number of methoxy groups -OCH3 is 3. The minimum atomic E-state index is 0.106. The third-order valence-electron chi connectivity index (χ3n) is 6.39. The van der Waals surface area contributed by atoms with Crippen LogP contribution in [0.15, 0.2) is 42.5 Å². The Morgan fingerprint density at radius 2 is 1.70 bits per heavy atom. The summed E-state index contributed by atoms with van der Waals surface area (Å²) >= 11 is 0. The highest BCUT2D eigenvalue weighted by atomic mass is 16.5. The first kappa shape index (κ1) is 20.5. The lowest BCUT2D eigenvalue weighted by molar-refractivity contribution is 0.0774. The van der Waals surface area contributed by atoms with E-state index in [1.807, 2.05) is 41.3 Å². The Bertz CT molecular complexity index is 883. The number of hydrogen-bond acceptors (Lipinski definition) is 5. The fourth-order valence-corrected chi connectivity index (χ4v) is 4.75. The topological polar surface area (TPSA) is 51.2 Å². The molecule has 2 aliphatic rings. The van der Waals surface area contributed by atoms with E-state index >= 15 is 0 Å². The number of carbonyl (C=O) groups is 1. The molecule has 6 heteroatoms. The van der Waals surface area contributed by atoms with Crippen molar-refractivity contribution < 1.29 is 19.0 Å². The highest BCUT2D eigenvalue weighted by Gasteiger charge is 2.40. The van der Waals surface area contributed by atoms with E-state index < -0.39 is 0 Å². The molecule has 0 unspecified atom stereocenters. The monoisotopic (exact) mass is 410 g/mol. The molecule has 0 aliphatic carbocycles. The average Bonchev–Trinajstić information content (AvgIpc) is 3.24. The third kappa shape index (κ3) is 4.10. The number of hydrogen-bond donors (Lipinski definition) is 0. The zero-order valence-electron chi connectivity index (χ0n) is 18.0. The summed E-state index contributed by atoms with van der Waals surface area (Å²) in [4.78, 5) is 17.6. The van der Waals surface area contributed by atoms with Gasteiger partial charge in [-0.2, -0.15) is 0 Å². The minimum Gasteiger partial charge on any atom is -0.497 e. The Morgan fingerprint density at radius 1 is 0.967 bits per heavy atom. The maximum atomic E-state index is 13.1. The van der Waals surface area contributed by atoms with E-state index in [2.05, 4.69) is 11.0 Å². The van der Waals surface area contributed by atoms with Gasteiger partial charge in [-0.25, -0.2) is 0 Å². The van der Waals surface area contributed by atoms with Crippen LogP contribution >= 0.6 is 0 Å². The number of likely N-dealkylation sites (tertiary alicyclic amines) is 2. The molecule has 160 valence electrons. The maximum Gasteiger partial charge on any atom is 0.253 e. The normalized spacial score (nSPS) is 21.2. The molecule has 2 aliphatic heterocycles. The van der Waals surface area contributed by atoms with E-state index in [0.717, 1.165) is 61.0 Å². The molecule has 0 aromatic heterocycles. The predicted octanol–water partition coefficient (Wildman–Crippen LogP) is 3.45. The summed E-state index contributed by atoms with van der Waals surface area (Å²) in [6.45, 7) is 3.46. The number of fused-ring (bicyclic) bond motifs is 1. The van der Waals surface area contributed by atoms with Crippen molar-refractivity contribution in [1.82, 2.24) is 9.80 Å². The van der Waals surface area contributed by atoms with Crippen LogP contribution in [0.2, 0.25) is 0 Å². The molecule has 0 N–H and O–H groups in total. The van der Waals surface area contributed by atoms with Gasteiger partial charge in [0, 0.05) is 42.9 Å². The van der Waals surface area contributed by atoms with Crippen molar-refractivity contribution in [3.05, 3.63) is 53.6 Å². The van der Waals surface area contributed by atoms with Gasteiger partial charge in [0.05, 0.1) is 21.3 Å². The first-order chi connectivity index (χ1) is 14.6. The molecule has 0 bridgehead atoms. The highest BCUT2D eigenvalue weighted by molar-refractivity contribution is 5.94. The van der Waals surface area contributed by atoms with Crippen molar-refractivity contribution in [2.24, 2.45) is 5.92 Å². The lowest BCUT2D eigenvalue weighted by atomic mass is 9.91. The standard InChI is InChI=1S/C24H30N2O4/c1-28-20-9-6-17(7-10-20)24(27)26-14-18-5-4-12-25(22(18)16-26)15-19-8-11-21(29-2)13-23(19)30-3/h6-11,13,18,22H,4-5,12,14-16H2,1-3H3/t18-,22+/m1/s1. The summed E-state index contributed by atoms with van der Waals surface area (Å²) in [7, 11) is 4.99.